The first-order chi connectivity index (χ1) is 10.6. The highest BCUT2D eigenvalue weighted by Gasteiger charge is 2.11. The first-order valence-electron chi connectivity index (χ1n) is 7.07. The molecular formula is C17H19ClN2O2. The molecule has 1 atom stereocenters. The monoisotopic (exact) mass is 318 g/mol. The van der Waals surface area contributed by atoms with Gasteiger partial charge >= 0.3 is 0 Å². The number of nitrogens with one attached hydrogen (secondary N) is 2. The van der Waals surface area contributed by atoms with Crippen molar-refractivity contribution in [3.8, 4) is 0 Å². The third kappa shape index (κ3) is 4.48. The molecule has 0 spiro atoms. The molecule has 5 heteroatoms. The van der Waals surface area contributed by atoms with Crippen molar-refractivity contribution in [1.82, 2.24) is 5.32 Å². The number of benzene rings is 2. The van der Waals surface area contributed by atoms with Gasteiger partial charge in [-0.1, -0.05) is 41.9 Å². The molecule has 22 heavy (non-hydrogen) atoms. The summed E-state index contributed by atoms with van der Waals surface area (Å²) in [7, 11) is 0. The zero-order chi connectivity index (χ0) is 15.9. The summed E-state index contributed by atoms with van der Waals surface area (Å²) < 4.78 is 0. The molecule has 3 N–H and O–H groups in total. The Bertz CT molecular complexity index is 646. The molecule has 0 saturated heterocycles. The van der Waals surface area contributed by atoms with Crippen LogP contribution >= 0.6 is 11.6 Å². The number of aliphatic hydroxyl groups is 1. The fourth-order valence-electron chi connectivity index (χ4n) is 2.16. The molecule has 2 aromatic carbocycles. The Morgan fingerprint density at radius 1 is 1.23 bits per heavy atom. The summed E-state index contributed by atoms with van der Waals surface area (Å²) in [6.07, 6.45) is 0. The molecule has 2 rings (SSSR count). The predicted octanol–water partition coefficient (Wildman–Crippen LogP) is 3.12. The average molecular weight is 319 g/mol. The molecule has 0 aliphatic rings. The molecule has 0 bridgehead atoms. The van der Waals surface area contributed by atoms with Gasteiger partial charge in [0, 0.05) is 10.7 Å². The molecule has 1 amide bonds. The number of amides is 1. The van der Waals surface area contributed by atoms with Gasteiger partial charge in [-0.3, -0.25) is 4.79 Å². The van der Waals surface area contributed by atoms with Gasteiger partial charge in [0.15, 0.2) is 0 Å². The summed E-state index contributed by atoms with van der Waals surface area (Å²) in [5.41, 5.74) is 2.49. The van der Waals surface area contributed by atoms with Crippen LogP contribution in [0.1, 0.15) is 24.1 Å². The fraction of sp³-hybridized carbons (Fsp3) is 0.235. The summed E-state index contributed by atoms with van der Waals surface area (Å²) in [6, 6.07) is 14.6. The van der Waals surface area contributed by atoms with Crippen LogP contribution in [0.3, 0.4) is 0 Å². The van der Waals surface area contributed by atoms with Gasteiger partial charge in [0.1, 0.15) is 0 Å². The number of halogens is 1. The highest BCUT2D eigenvalue weighted by atomic mass is 35.5. The second-order valence-corrected chi connectivity index (χ2v) is 5.43. The highest BCUT2D eigenvalue weighted by molar-refractivity contribution is 6.31. The minimum atomic E-state index is -0.160. The molecule has 0 heterocycles. The minimum absolute atomic E-state index is 0.0226. The lowest BCUT2D eigenvalue weighted by molar-refractivity contribution is -0.120. The SMILES string of the molecule is CC(NC(=O)CNc1cccc(CO)c1)c1ccccc1Cl. The minimum Gasteiger partial charge on any atom is -0.392 e. The highest BCUT2D eigenvalue weighted by Crippen LogP contribution is 2.21. The molecule has 0 aliphatic heterocycles. The first-order valence-corrected chi connectivity index (χ1v) is 7.45. The lowest BCUT2D eigenvalue weighted by atomic mass is 10.1. The first kappa shape index (κ1) is 16.3. The van der Waals surface area contributed by atoms with Gasteiger partial charge in [-0.05, 0) is 36.2 Å². The van der Waals surface area contributed by atoms with Crippen LogP contribution in [0.15, 0.2) is 48.5 Å². The van der Waals surface area contributed by atoms with Crippen LogP contribution in [0.4, 0.5) is 5.69 Å². The van der Waals surface area contributed by atoms with E-state index in [-0.39, 0.29) is 25.1 Å². The van der Waals surface area contributed by atoms with Crippen LogP contribution in [0.5, 0.6) is 0 Å². The summed E-state index contributed by atoms with van der Waals surface area (Å²) in [6.45, 7) is 2.03. The molecular weight excluding hydrogens is 300 g/mol. The van der Waals surface area contributed by atoms with E-state index in [1.807, 2.05) is 49.4 Å². The zero-order valence-corrected chi connectivity index (χ0v) is 13.1. The molecule has 0 radical (unpaired) electrons. The average Bonchev–Trinajstić information content (AvgIpc) is 2.53. The topological polar surface area (TPSA) is 61.4 Å². The van der Waals surface area contributed by atoms with E-state index in [0.29, 0.717) is 5.02 Å². The second-order valence-electron chi connectivity index (χ2n) is 5.02. The molecule has 4 nitrogen and oxygen atoms in total. The van der Waals surface area contributed by atoms with Crippen molar-refractivity contribution in [2.45, 2.75) is 19.6 Å². The van der Waals surface area contributed by atoms with Gasteiger partial charge < -0.3 is 15.7 Å². The van der Waals surface area contributed by atoms with Crippen molar-refractivity contribution in [3.63, 3.8) is 0 Å². The van der Waals surface area contributed by atoms with E-state index in [2.05, 4.69) is 10.6 Å². The predicted molar refractivity (Wildman–Crippen MR) is 88.9 cm³/mol. The zero-order valence-electron chi connectivity index (χ0n) is 12.3. The lowest BCUT2D eigenvalue weighted by Crippen LogP contribution is -2.32. The number of aliphatic hydroxyl groups excluding tert-OH is 1. The van der Waals surface area contributed by atoms with Crippen LogP contribution in [-0.2, 0) is 11.4 Å². The largest absolute Gasteiger partial charge is 0.392 e. The van der Waals surface area contributed by atoms with E-state index in [4.69, 9.17) is 16.7 Å². The fourth-order valence-corrected chi connectivity index (χ4v) is 2.46. The normalized spacial score (nSPS) is 11.8. The van der Waals surface area contributed by atoms with Gasteiger partial charge in [0.05, 0.1) is 19.2 Å². The third-order valence-electron chi connectivity index (χ3n) is 3.31. The maximum Gasteiger partial charge on any atom is 0.239 e. The van der Waals surface area contributed by atoms with Gasteiger partial charge in [0.25, 0.3) is 0 Å². The number of hydrogen-bond acceptors (Lipinski definition) is 3. The number of carbonyl (C=O) groups is 1. The van der Waals surface area contributed by atoms with Crippen LogP contribution < -0.4 is 10.6 Å². The van der Waals surface area contributed by atoms with Crippen molar-refractivity contribution in [3.05, 3.63) is 64.7 Å². The molecule has 116 valence electrons. The maximum absolute atomic E-state index is 12.0. The van der Waals surface area contributed by atoms with E-state index >= 15 is 0 Å². The lowest BCUT2D eigenvalue weighted by Gasteiger charge is -2.16. The summed E-state index contributed by atoms with van der Waals surface area (Å²) in [5.74, 6) is -0.123. The number of carbonyl (C=O) groups excluding carboxylic acids is 1. The van der Waals surface area contributed by atoms with E-state index in [9.17, 15) is 4.79 Å². The second kappa shape index (κ2) is 7.82. The summed E-state index contributed by atoms with van der Waals surface area (Å²) in [4.78, 5) is 12.0. The van der Waals surface area contributed by atoms with E-state index in [1.165, 1.54) is 0 Å². The molecule has 1 unspecified atom stereocenters. The Kier molecular flexibility index (Phi) is 5.81. The van der Waals surface area contributed by atoms with E-state index < -0.39 is 0 Å². The van der Waals surface area contributed by atoms with E-state index in [1.54, 1.807) is 6.07 Å². The van der Waals surface area contributed by atoms with Crippen molar-refractivity contribution in [1.29, 1.82) is 0 Å². The molecule has 0 fully saturated rings. The van der Waals surface area contributed by atoms with Gasteiger partial charge in [0.2, 0.25) is 5.91 Å². The van der Waals surface area contributed by atoms with Gasteiger partial charge in [-0.2, -0.15) is 0 Å². The van der Waals surface area contributed by atoms with Crippen molar-refractivity contribution >= 4 is 23.2 Å². The van der Waals surface area contributed by atoms with E-state index in [0.717, 1.165) is 16.8 Å². The number of anilines is 1. The standard InChI is InChI=1S/C17H19ClN2O2/c1-12(15-7-2-3-8-16(15)18)20-17(22)10-19-14-6-4-5-13(9-14)11-21/h2-9,12,19,21H,10-11H2,1H3,(H,20,22). The molecule has 0 saturated carbocycles. The van der Waals surface area contributed by atoms with Crippen molar-refractivity contribution < 1.29 is 9.90 Å². The molecule has 0 aliphatic carbocycles. The quantitative estimate of drug-likeness (QED) is 0.767. The molecule has 0 aromatic heterocycles. The summed E-state index contributed by atoms with van der Waals surface area (Å²) >= 11 is 6.12. The Balaban J connectivity index is 1.89. The number of rotatable bonds is 6. The third-order valence-corrected chi connectivity index (χ3v) is 3.66. The summed E-state index contributed by atoms with van der Waals surface area (Å²) in [5, 5.41) is 15.7. The number of hydrogen-bond donors (Lipinski definition) is 3. The van der Waals surface area contributed by atoms with Gasteiger partial charge in [-0.25, -0.2) is 0 Å². The van der Waals surface area contributed by atoms with Crippen LogP contribution in [0, 0.1) is 0 Å². The Morgan fingerprint density at radius 3 is 2.73 bits per heavy atom. The Hall–Kier alpha value is -2.04. The van der Waals surface area contributed by atoms with Crippen LogP contribution in [-0.4, -0.2) is 17.6 Å². The van der Waals surface area contributed by atoms with Crippen molar-refractivity contribution in [2.75, 3.05) is 11.9 Å². The Morgan fingerprint density at radius 2 is 2.00 bits per heavy atom. The van der Waals surface area contributed by atoms with Crippen LogP contribution in [0.2, 0.25) is 5.02 Å². The van der Waals surface area contributed by atoms with Gasteiger partial charge in [-0.15, -0.1) is 0 Å². The van der Waals surface area contributed by atoms with Crippen molar-refractivity contribution in [2.24, 2.45) is 0 Å². The smallest absolute Gasteiger partial charge is 0.239 e. The van der Waals surface area contributed by atoms with Crippen LogP contribution in [0.25, 0.3) is 0 Å². The molecule has 2 aromatic rings. The maximum atomic E-state index is 12.0. The Labute approximate surface area is 135 Å².